The summed E-state index contributed by atoms with van der Waals surface area (Å²) in [5, 5.41) is 62.5. The van der Waals surface area contributed by atoms with Crippen LogP contribution >= 0.6 is 0 Å². The lowest BCUT2D eigenvalue weighted by Crippen LogP contribution is -2.61. The van der Waals surface area contributed by atoms with Gasteiger partial charge in [0.25, 0.3) is 0 Å². The minimum Gasteiger partial charge on any atom is -0.479 e. The van der Waals surface area contributed by atoms with Gasteiger partial charge in [0, 0.05) is 55.0 Å². The first kappa shape index (κ1) is 69.6. The van der Waals surface area contributed by atoms with E-state index in [4.69, 9.17) is 14.2 Å². The van der Waals surface area contributed by atoms with Gasteiger partial charge in [-0.05, 0) is 103 Å². The molecule has 0 aromatic heterocycles. The number of nitrogens with one attached hydrogen (secondary N) is 4. The first-order valence-electron chi connectivity index (χ1n) is 29.6. The number of carboxylic acids is 2. The van der Waals surface area contributed by atoms with Crippen molar-refractivity contribution in [2.24, 2.45) is 11.3 Å². The van der Waals surface area contributed by atoms with E-state index in [0.29, 0.717) is 41.8 Å². The Kier molecular flexibility index (Phi) is 24.0. The summed E-state index contributed by atoms with van der Waals surface area (Å²) in [6.45, 7) is 15.9. The molecule has 2 aliphatic heterocycles. The Hall–Kier alpha value is -8.46. The number of amides is 5. The number of unbranched alkanes of at least 4 members (excludes halogenated alkanes) is 1. The third-order valence-corrected chi connectivity index (χ3v) is 15.9. The van der Waals surface area contributed by atoms with E-state index < -0.39 is 95.3 Å². The molecule has 22 nitrogen and oxygen atoms in total. The van der Waals surface area contributed by atoms with Gasteiger partial charge in [-0.15, -0.1) is 0 Å². The van der Waals surface area contributed by atoms with E-state index in [0.717, 1.165) is 16.7 Å². The van der Waals surface area contributed by atoms with Crippen molar-refractivity contribution in [1.82, 2.24) is 20.9 Å². The third-order valence-electron chi connectivity index (χ3n) is 15.9. The van der Waals surface area contributed by atoms with Gasteiger partial charge in [0.1, 0.15) is 36.7 Å². The SMILES string of the molecule is CN[C@H](C(=O)NC(C(=O)N(C)[C@H](/C=C(\C)C(=O)O)C(C)C)C(C)(C)C)C(C)(C)c1cccc(CC(=O)OCc2cc(C)c(OC3OC(C(=O)O)C(O)C(O)C3O)c(NC(=O)CCNC(=O)CCCCC(=O)N3Cc4ccccc4C#Cc4ccccc43)c2)c1. The number of aryl methyl sites for hydroxylation is 1. The van der Waals surface area contributed by atoms with Gasteiger partial charge in [0.2, 0.25) is 35.8 Å². The maximum atomic E-state index is 14.3. The predicted molar refractivity (Wildman–Crippen MR) is 331 cm³/mol. The Morgan fingerprint density at radius 1 is 0.798 bits per heavy atom. The number of nitrogens with zero attached hydrogens (tertiary/aromatic N) is 2. The highest BCUT2D eigenvalue weighted by Crippen LogP contribution is 2.36. The number of likely N-dealkylation sites (N-methyl/N-ethyl adjacent to an activating group) is 2. The van der Waals surface area contributed by atoms with Crippen molar-refractivity contribution in [2.45, 2.75) is 168 Å². The summed E-state index contributed by atoms with van der Waals surface area (Å²) in [6.07, 6.45) is -7.64. The van der Waals surface area contributed by atoms with Crippen LogP contribution in [0.3, 0.4) is 0 Å². The average molecular weight is 1230 g/mol. The van der Waals surface area contributed by atoms with Gasteiger partial charge in [-0.2, -0.15) is 0 Å². The van der Waals surface area contributed by atoms with Crippen molar-refractivity contribution in [3.05, 3.63) is 136 Å². The molecule has 0 bridgehead atoms. The smallest absolute Gasteiger partial charge is 0.335 e. The number of rotatable bonds is 26. The Bertz CT molecular complexity index is 3360. The maximum absolute atomic E-state index is 14.3. The fraction of sp³-hybridized carbons (Fsp3) is 0.463. The molecule has 22 heteroatoms. The monoisotopic (exact) mass is 1230 g/mol. The molecule has 2 heterocycles. The molecule has 0 saturated carbocycles. The molecule has 0 radical (unpaired) electrons. The number of hydrogen-bond donors (Lipinski definition) is 9. The van der Waals surface area contributed by atoms with Crippen LogP contribution in [0.2, 0.25) is 0 Å². The fourth-order valence-corrected chi connectivity index (χ4v) is 10.7. The lowest BCUT2D eigenvalue weighted by molar-refractivity contribution is -0.271. The highest BCUT2D eigenvalue weighted by Gasteiger charge is 2.49. The number of benzene rings is 4. The van der Waals surface area contributed by atoms with Gasteiger partial charge in [-0.3, -0.25) is 28.8 Å². The molecule has 6 rings (SSSR count). The maximum Gasteiger partial charge on any atom is 0.335 e. The first-order valence-corrected chi connectivity index (χ1v) is 29.6. The Balaban J connectivity index is 1.09. The number of carbonyl (C=O) groups excluding carboxylic acids is 6. The first-order chi connectivity index (χ1) is 41.9. The number of para-hydroxylation sites is 1. The van der Waals surface area contributed by atoms with Crippen LogP contribution in [-0.2, 0) is 72.8 Å². The minimum absolute atomic E-state index is 0.0375. The summed E-state index contributed by atoms with van der Waals surface area (Å²) in [5.74, 6) is 0.769. The van der Waals surface area contributed by atoms with Gasteiger partial charge < -0.3 is 70.8 Å². The van der Waals surface area contributed by atoms with E-state index in [1.54, 1.807) is 50.2 Å². The lowest BCUT2D eigenvalue weighted by atomic mass is 9.76. The highest BCUT2D eigenvalue weighted by molar-refractivity contribution is 5.96. The summed E-state index contributed by atoms with van der Waals surface area (Å²) in [7, 11) is 3.21. The summed E-state index contributed by atoms with van der Waals surface area (Å²) in [4.78, 5) is 109. The number of aliphatic hydroxyl groups is 3. The number of esters is 1. The number of aliphatic carboxylic acids is 2. The molecule has 4 aromatic carbocycles. The quantitative estimate of drug-likeness (QED) is 0.0164. The molecule has 0 aliphatic carbocycles. The second kappa shape index (κ2) is 30.6. The second-order valence-corrected chi connectivity index (χ2v) is 24.5. The minimum atomic E-state index is -2.01. The van der Waals surface area contributed by atoms with E-state index >= 15 is 0 Å². The van der Waals surface area contributed by atoms with E-state index in [1.165, 1.54) is 24.0 Å². The topological polar surface area (TPSA) is 320 Å². The number of hydrogen-bond acceptors (Lipinski definition) is 15. The summed E-state index contributed by atoms with van der Waals surface area (Å²) >= 11 is 0. The Morgan fingerprint density at radius 3 is 2.12 bits per heavy atom. The third kappa shape index (κ3) is 18.1. The van der Waals surface area contributed by atoms with Crippen LogP contribution in [0.5, 0.6) is 5.75 Å². The van der Waals surface area contributed by atoms with Crippen LogP contribution in [0, 0.1) is 30.1 Å². The molecule has 1 fully saturated rings. The summed E-state index contributed by atoms with van der Waals surface area (Å²) in [5.41, 5.74) is 3.41. The fourth-order valence-electron chi connectivity index (χ4n) is 10.7. The molecule has 9 N–H and O–H groups in total. The zero-order chi connectivity index (χ0) is 65.7. The number of fused-ring (bicyclic) bond motifs is 2. The molecular weight excluding hydrogens is 1140 g/mol. The van der Waals surface area contributed by atoms with Crippen LogP contribution in [0.25, 0.3) is 0 Å². The zero-order valence-corrected chi connectivity index (χ0v) is 52.3. The Labute approximate surface area is 519 Å². The van der Waals surface area contributed by atoms with Crippen LogP contribution in [-0.4, -0.2) is 147 Å². The van der Waals surface area contributed by atoms with Gasteiger partial charge in [-0.25, -0.2) is 9.59 Å². The molecule has 2 aliphatic rings. The van der Waals surface area contributed by atoms with Crippen LogP contribution < -0.4 is 30.9 Å². The number of ether oxygens (including phenoxy) is 3. The van der Waals surface area contributed by atoms with Crippen molar-refractivity contribution >= 4 is 58.8 Å². The predicted octanol–water partition coefficient (Wildman–Crippen LogP) is 5.41. The van der Waals surface area contributed by atoms with Gasteiger partial charge in [0.15, 0.2) is 6.10 Å². The van der Waals surface area contributed by atoms with Crippen LogP contribution in [0.1, 0.15) is 126 Å². The largest absolute Gasteiger partial charge is 0.479 e. The standard InChI is InChI=1S/C67H84N6O16/c1-38(2)49(32-40(4)63(83)84)72(11)62(82)60(66(5,6)7)71-61(81)59(68-10)67(8,9)46-23-18-19-41(33-46)35-53(77)87-37-42-31-39(3)57(88-65-56(80)54(78)55(79)58(89-65)64(85)86)47(34-42)70-51(75)29-30-69-50(74)25-16-17-26-52(76)73-36-45-22-13-12-20-43(45)27-28-44-21-14-15-24-48(44)73/h12-15,18-24,31-34,38,49,54-56,58-60,65,68,78-80H,16-17,25-26,29-30,35-37H2,1-11H3,(H,69,74)(H,70,75)(H,71,81)(H,83,84)(H,85,86)/b40-32+/t49-,54?,55?,56?,58?,59-,60?,65?/m1/s1. The van der Waals surface area contributed by atoms with E-state index in [9.17, 15) is 63.9 Å². The van der Waals surface area contributed by atoms with Crippen molar-refractivity contribution < 1.29 is 78.1 Å². The highest BCUT2D eigenvalue weighted by atomic mass is 16.7. The molecule has 6 unspecified atom stereocenters. The second-order valence-electron chi connectivity index (χ2n) is 24.5. The summed E-state index contributed by atoms with van der Waals surface area (Å²) < 4.78 is 17.1. The number of carboxylic acid groups (broad SMARTS) is 2. The van der Waals surface area contributed by atoms with Gasteiger partial charge >= 0.3 is 17.9 Å². The average Bonchev–Trinajstić information content (AvgIpc) is 2.01. The van der Waals surface area contributed by atoms with E-state index in [-0.39, 0.29) is 79.1 Å². The van der Waals surface area contributed by atoms with E-state index in [1.807, 2.05) is 103 Å². The molecule has 4 aromatic rings. The van der Waals surface area contributed by atoms with Gasteiger partial charge in [-0.1, -0.05) is 121 Å². The number of anilines is 2. The van der Waals surface area contributed by atoms with Gasteiger partial charge in [0.05, 0.1) is 36.4 Å². The molecule has 5 amide bonds. The van der Waals surface area contributed by atoms with Crippen molar-refractivity contribution in [3.63, 3.8) is 0 Å². The molecule has 8 atom stereocenters. The molecule has 0 spiro atoms. The Morgan fingerprint density at radius 2 is 1.46 bits per heavy atom. The lowest BCUT2D eigenvalue weighted by Gasteiger charge is -2.40. The van der Waals surface area contributed by atoms with Crippen molar-refractivity contribution in [2.75, 3.05) is 30.9 Å². The molecule has 478 valence electrons. The zero-order valence-electron chi connectivity index (χ0n) is 52.3. The molecular formula is C67H84N6O16. The molecule has 89 heavy (non-hydrogen) atoms. The molecule has 1 saturated heterocycles. The number of carbonyl (C=O) groups is 8. The van der Waals surface area contributed by atoms with Crippen molar-refractivity contribution in [1.29, 1.82) is 0 Å². The van der Waals surface area contributed by atoms with Crippen LogP contribution in [0.4, 0.5) is 11.4 Å². The summed E-state index contributed by atoms with van der Waals surface area (Å²) in [6, 6.07) is 22.7. The van der Waals surface area contributed by atoms with Crippen molar-refractivity contribution in [3.8, 4) is 17.6 Å². The van der Waals surface area contributed by atoms with Crippen LogP contribution in [0.15, 0.2) is 96.6 Å². The normalized spacial score (nSPS) is 18.4. The van der Waals surface area contributed by atoms with E-state index in [2.05, 4.69) is 33.1 Å². The number of aliphatic hydroxyl groups excluding tert-OH is 3.